The van der Waals surface area contributed by atoms with Crippen molar-refractivity contribution in [2.45, 2.75) is 39.0 Å². The second kappa shape index (κ2) is 10.4. The summed E-state index contributed by atoms with van der Waals surface area (Å²) in [5, 5.41) is 1.05. The number of amides is 2. The molecule has 0 spiro atoms. The van der Waals surface area contributed by atoms with Crippen LogP contribution in [0.5, 0.6) is 0 Å². The van der Waals surface area contributed by atoms with Crippen LogP contribution in [0.3, 0.4) is 0 Å². The summed E-state index contributed by atoms with van der Waals surface area (Å²) in [6, 6.07) is 17.4. The number of benzene rings is 2. The van der Waals surface area contributed by atoms with E-state index in [1.807, 2.05) is 37.3 Å². The predicted molar refractivity (Wildman–Crippen MR) is 121 cm³/mol. The van der Waals surface area contributed by atoms with Gasteiger partial charge in [-0.15, -0.1) is 0 Å². The first-order valence-corrected chi connectivity index (χ1v) is 12.1. The molecule has 1 N–H and O–H groups in total. The highest BCUT2D eigenvalue weighted by molar-refractivity contribution is 7.93. The Hall–Kier alpha value is -2.60. The van der Waals surface area contributed by atoms with Crippen molar-refractivity contribution in [2.75, 3.05) is 13.1 Å². The molecule has 160 valence electrons. The first kappa shape index (κ1) is 22.1. The molecule has 6 heteroatoms. The standard InChI is InChI=1S/C24H30N2O3S/c1-20-10-12-23(13-11-20)16-19-30(28,29)25-24(27)26-17-14-22(15-18-26)9-5-8-21-6-3-2-4-7-21/h2-4,6-7,10-13,16,19,22H,5,8-9,14-15,17-18H2,1H3,(H,25,27)/b19-16+. The summed E-state index contributed by atoms with van der Waals surface area (Å²) in [6.07, 6.45) is 6.69. The van der Waals surface area contributed by atoms with E-state index in [-0.39, 0.29) is 0 Å². The third kappa shape index (κ3) is 7.02. The molecule has 0 radical (unpaired) electrons. The zero-order valence-electron chi connectivity index (χ0n) is 17.5. The van der Waals surface area contributed by atoms with Crippen LogP contribution in [0.1, 0.15) is 42.4 Å². The van der Waals surface area contributed by atoms with E-state index >= 15 is 0 Å². The molecule has 30 heavy (non-hydrogen) atoms. The SMILES string of the molecule is Cc1ccc(/C=C/S(=O)(=O)NC(=O)N2CCC(CCCc3ccccc3)CC2)cc1. The van der Waals surface area contributed by atoms with Gasteiger partial charge in [0.1, 0.15) is 0 Å². The van der Waals surface area contributed by atoms with E-state index in [4.69, 9.17) is 0 Å². The number of nitrogens with one attached hydrogen (secondary N) is 1. The maximum atomic E-state index is 12.4. The summed E-state index contributed by atoms with van der Waals surface area (Å²) < 4.78 is 26.6. The Morgan fingerprint density at radius 1 is 1.07 bits per heavy atom. The Bertz CT molecular complexity index is 946. The zero-order valence-corrected chi connectivity index (χ0v) is 18.3. The molecule has 2 amide bonds. The molecule has 2 aromatic carbocycles. The summed E-state index contributed by atoms with van der Waals surface area (Å²) in [7, 11) is -3.82. The van der Waals surface area contributed by atoms with Crippen LogP contribution >= 0.6 is 0 Å². The van der Waals surface area contributed by atoms with Crippen molar-refractivity contribution in [1.29, 1.82) is 0 Å². The lowest BCUT2D eigenvalue weighted by Gasteiger charge is -2.31. The number of carbonyl (C=O) groups excluding carboxylic acids is 1. The number of urea groups is 1. The third-order valence-corrected chi connectivity index (χ3v) is 6.52. The number of hydrogen-bond donors (Lipinski definition) is 1. The lowest BCUT2D eigenvalue weighted by molar-refractivity contribution is 0.172. The maximum absolute atomic E-state index is 12.4. The van der Waals surface area contributed by atoms with Crippen LogP contribution < -0.4 is 4.72 Å². The monoisotopic (exact) mass is 426 g/mol. The molecule has 0 aliphatic carbocycles. The molecular weight excluding hydrogens is 396 g/mol. The van der Waals surface area contributed by atoms with Crippen molar-refractivity contribution >= 4 is 22.1 Å². The topological polar surface area (TPSA) is 66.5 Å². The Balaban J connectivity index is 1.41. The van der Waals surface area contributed by atoms with Crippen LogP contribution in [-0.2, 0) is 16.4 Å². The summed E-state index contributed by atoms with van der Waals surface area (Å²) in [6.45, 7) is 3.16. The average molecular weight is 427 g/mol. The molecule has 5 nitrogen and oxygen atoms in total. The van der Waals surface area contributed by atoms with Crippen molar-refractivity contribution in [2.24, 2.45) is 5.92 Å². The van der Waals surface area contributed by atoms with E-state index in [1.54, 1.807) is 4.90 Å². The second-order valence-corrected chi connectivity index (χ2v) is 9.54. The van der Waals surface area contributed by atoms with E-state index in [0.717, 1.165) is 48.6 Å². The second-order valence-electron chi connectivity index (χ2n) is 7.97. The fraction of sp³-hybridized carbons (Fsp3) is 0.375. The highest BCUT2D eigenvalue weighted by atomic mass is 32.2. The molecule has 0 saturated carbocycles. The van der Waals surface area contributed by atoms with E-state index < -0.39 is 16.1 Å². The van der Waals surface area contributed by atoms with Crippen molar-refractivity contribution in [1.82, 2.24) is 9.62 Å². The Kier molecular flexibility index (Phi) is 7.69. The van der Waals surface area contributed by atoms with Crippen molar-refractivity contribution in [3.8, 4) is 0 Å². The summed E-state index contributed by atoms with van der Waals surface area (Å²) in [5.74, 6) is 0.593. The van der Waals surface area contributed by atoms with Gasteiger partial charge in [-0.25, -0.2) is 17.9 Å². The summed E-state index contributed by atoms with van der Waals surface area (Å²) in [4.78, 5) is 14.0. The first-order chi connectivity index (χ1) is 14.4. The molecule has 1 aliphatic rings. The van der Waals surface area contributed by atoms with Crippen LogP contribution in [0, 0.1) is 12.8 Å². The minimum atomic E-state index is -3.82. The number of aryl methyl sites for hydroxylation is 2. The Labute approximate surface area is 179 Å². The van der Waals surface area contributed by atoms with E-state index in [9.17, 15) is 13.2 Å². The van der Waals surface area contributed by atoms with Gasteiger partial charge in [-0.1, -0.05) is 60.2 Å². The fourth-order valence-corrected chi connectivity index (χ4v) is 4.51. The van der Waals surface area contributed by atoms with Gasteiger partial charge < -0.3 is 4.90 Å². The van der Waals surface area contributed by atoms with Gasteiger partial charge in [0.15, 0.2) is 0 Å². The molecule has 0 bridgehead atoms. The fourth-order valence-electron chi connectivity index (χ4n) is 3.73. The summed E-state index contributed by atoms with van der Waals surface area (Å²) in [5.41, 5.74) is 3.24. The van der Waals surface area contributed by atoms with Crippen molar-refractivity contribution < 1.29 is 13.2 Å². The number of piperidine rings is 1. The average Bonchev–Trinajstić information content (AvgIpc) is 2.74. The van der Waals surface area contributed by atoms with E-state index in [1.165, 1.54) is 11.6 Å². The van der Waals surface area contributed by atoms with Gasteiger partial charge in [0, 0.05) is 13.1 Å². The van der Waals surface area contributed by atoms with Gasteiger partial charge in [0.25, 0.3) is 10.0 Å². The molecule has 0 unspecified atom stereocenters. The van der Waals surface area contributed by atoms with Gasteiger partial charge in [0.05, 0.1) is 5.41 Å². The van der Waals surface area contributed by atoms with Crippen LogP contribution in [0.15, 0.2) is 60.0 Å². The van der Waals surface area contributed by atoms with Gasteiger partial charge in [-0.3, -0.25) is 0 Å². The van der Waals surface area contributed by atoms with Gasteiger partial charge in [0.2, 0.25) is 0 Å². The predicted octanol–water partition coefficient (Wildman–Crippen LogP) is 4.74. The van der Waals surface area contributed by atoms with Crippen molar-refractivity contribution in [3.63, 3.8) is 0 Å². The number of sulfonamides is 1. The molecule has 0 aromatic heterocycles. The smallest absolute Gasteiger partial charge is 0.324 e. The van der Waals surface area contributed by atoms with Crippen LogP contribution in [-0.4, -0.2) is 32.4 Å². The molecule has 1 aliphatic heterocycles. The zero-order chi connectivity index (χ0) is 21.4. The molecule has 2 aromatic rings. The number of rotatable bonds is 7. The molecular formula is C24H30N2O3S. The van der Waals surface area contributed by atoms with Crippen LogP contribution in [0.4, 0.5) is 4.79 Å². The Morgan fingerprint density at radius 2 is 1.73 bits per heavy atom. The van der Waals surface area contributed by atoms with Crippen LogP contribution in [0.25, 0.3) is 6.08 Å². The maximum Gasteiger partial charge on any atom is 0.331 e. The number of likely N-dealkylation sites (tertiary alicyclic amines) is 1. The minimum Gasteiger partial charge on any atom is -0.324 e. The third-order valence-electron chi connectivity index (χ3n) is 5.57. The highest BCUT2D eigenvalue weighted by Crippen LogP contribution is 2.23. The van der Waals surface area contributed by atoms with Crippen LogP contribution in [0.2, 0.25) is 0 Å². The lowest BCUT2D eigenvalue weighted by atomic mass is 9.91. The minimum absolute atomic E-state index is 0.536. The van der Waals surface area contributed by atoms with E-state index in [2.05, 4.69) is 29.0 Å². The molecule has 1 fully saturated rings. The largest absolute Gasteiger partial charge is 0.331 e. The highest BCUT2D eigenvalue weighted by Gasteiger charge is 2.24. The lowest BCUT2D eigenvalue weighted by Crippen LogP contribution is -2.45. The normalized spacial score (nSPS) is 15.4. The quantitative estimate of drug-likeness (QED) is 0.695. The summed E-state index contributed by atoms with van der Waals surface area (Å²) >= 11 is 0. The van der Waals surface area contributed by atoms with Gasteiger partial charge >= 0.3 is 6.03 Å². The number of hydrogen-bond acceptors (Lipinski definition) is 3. The van der Waals surface area contributed by atoms with Gasteiger partial charge in [-0.2, -0.15) is 0 Å². The van der Waals surface area contributed by atoms with Crippen molar-refractivity contribution in [3.05, 3.63) is 76.7 Å². The molecule has 3 rings (SSSR count). The van der Waals surface area contributed by atoms with Gasteiger partial charge in [-0.05, 0) is 62.1 Å². The molecule has 0 atom stereocenters. The number of carbonyl (C=O) groups is 1. The molecule has 1 heterocycles. The number of nitrogens with zero attached hydrogens (tertiary/aromatic N) is 1. The Morgan fingerprint density at radius 3 is 2.40 bits per heavy atom. The first-order valence-electron chi connectivity index (χ1n) is 10.5. The van der Waals surface area contributed by atoms with E-state index in [0.29, 0.717) is 19.0 Å². The molecule has 1 saturated heterocycles.